The van der Waals surface area contributed by atoms with Crippen LogP contribution >= 0.6 is 0 Å². The van der Waals surface area contributed by atoms with Crippen LogP contribution in [0.25, 0.3) is 0 Å². The molecule has 0 amide bonds. The minimum Gasteiger partial charge on any atom is -0.504 e. The zero-order chi connectivity index (χ0) is 15.4. The van der Waals surface area contributed by atoms with Crippen LogP contribution in [-0.2, 0) is 0 Å². The van der Waals surface area contributed by atoms with E-state index in [1.165, 1.54) is 19.2 Å². The van der Waals surface area contributed by atoms with E-state index in [2.05, 4.69) is 5.32 Å². The van der Waals surface area contributed by atoms with Crippen LogP contribution in [0, 0.1) is 5.82 Å². The van der Waals surface area contributed by atoms with E-state index in [4.69, 9.17) is 4.74 Å². The molecular formula is C17H20FNO2. The van der Waals surface area contributed by atoms with E-state index < -0.39 is 0 Å². The number of phenolic OH excluding ortho intramolecular Hbond substituents is 1. The monoisotopic (exact) mass is 289 g/mol. The fourth-order valence-corrected chi connectivity index (χ4v) is 2.31. The molecule has 0 saturated heterocycles. The van der Waals surface area contributed by atoms with Crippen LogP contribution in [0.4, 0.5) is 4.39 Å². The van der Waals surface area contributed by atoms with Crippen LogP contribution in [0.15, 0.2) is 42.5 Å². The maximum Gasteiger partial charge on any atom is 0.160 e. The Bertz CT molecular complexity index is 615. The Morgan fingerprint density at radius 1 is 1.05 bits per heavy atom. The Balaban J connectivity index is 2.12. The average molecular weight is 289 g/mol. The highest BCUT2D eigenvalue weighted by Gasteiger charge is 2.13. The molecule has 4 heteroatoms. The molecule has 0 radical (unpaired) electrons. The largest absolute Gasteiger partial charge is 0.504 e. The maximum atomic E-state index is 13.3. The molecule has 0 spiro atoms. The van der Waals surface area contributed by atoms with Gasteiger partial charge < -0.3 is 15.2 Å². The van der Waals surface area contributed by atoms with Gasteiger partial charge in [0.2, 0.25) is 0 Å². The van der Waals surface area contributed by atoms with E-state index >= 15 is 0 Å². The molecule has 0 aliphatic rings. The molecule has 0 saturated carbocycles. The molecule has 21 heavy (non-hydrogen) atoms. The predicted molar refractivity (Wildman–Crippen MR) is 81.0 cm³/mol. The number of phenols is 1. The normalized spacial score (nSPS) is 13.7. The molecule has 2 N–H and O–H groups in total. The highest BCUT2D eigenvalue weighted by Crippen LogP contribution is 2.29. The zero-order valence-corrected chi connectivity index (χ0v) is 12.4. The average Bonchev–Trinajstić information content (AvgIpc) is 2.47. The second-order valence-electron chi connectivity index (χ2n) is 5.10. The van der Waals surface area contributed by atoms with Crippen LogP contribution in [-0.4, -0.2) is 12.2 Å². The molecule has 0 aromatic heterocycles. The lowest BCUT2D eigenvalue weighted by Gasteiger charge is -2.21. The van der Waals surface area contributed by atoms with Gasteiger partial charge in [-0.25, -0.2) is 4.39 Å². The van der Waals surface area contributed by atoms with Crippen molar-refractivity contribution < 1.29 is 14.2 Å². The topological polar surface area (TPSA) is 41.5 Å². The first-order chi connectivity index (χ1) is 10.0. The van der Waals surface area contributed by atoms with Crippen LogP contribution in [0.2, 0.25) is 0 Å². The molecular weight excluding hydrogens is 269 g/mol. The summed E-state index contributed by atoms with van der Waals surface area (Å²) in [6, 6.07) is 11.9. The van der Waals surface area contributed by atoms with Gasteiger partial charge in [-0.3, -0.25) is 0 Å². The Hall–Kier alpha value is -2.07. The van der Waals surface area contributed by atoms with Crippen LogP contribution in [0.3, 0.4) is 0 Å². The third kappa shape index (κ3) is 3.73. The molecule has 0 aliphatic carbocycles. The van der Waals surface area contributed by atoms with Crippen molar-refractivity contribution in [3.05, 3.63) is 59.4 Å². The summed E-state index contributed by atoms with van der Waals surface area (Å²) in [6.45, 7) is 4.00. The predicted octanol–water partition coefficient (Wildman–Crippen LogP) is 3.95. The molecule has 2 aromatic rings. The first kappa shape index (κ1) is 15.3. The van der Waals surface area contributed by atoms with Gasteiger partial charge in [0.25, 0.3) is 0 Å². The van der Waals surface area contributed by atoms with Crippen LogP contribution in [0.1, 0.15) is 37.1 Å². The molecule has 2 atom stereocenters. The molecule has 112 valence electrons. The van der Waals surface area contributed by atoms with Gasteiger partial charge in [-0.05, 0) is 49.2 Å². The van der Waals surface area contributed by atoms with E-state index in [-0.39, 0.29) is 23.7 Å². The minimum atomic E-state index is -0.236. The van der Waals surface area contributed by atoms with E-state index in [9.17, 15) is 9.50 Å². The number of methoxy groups -OCH3 is 1. The molecule has 0 aliphatic heterocycles. The van der Waals surface area contributed by atoms with Crippen molar-refractivity contribution >= 4 is 0 Å². The number of halogens is 1. The Kier molecular flexibility index (Phi) is 4.81. The Labute approximate surface area is 124 Å². The number of hydrogen-bond donors (Lipinski definition) is 2. The van der Waals surface area contributed by atoms with E-state index in [1.54, 1.807) is 18.2 Å². The summed E-state index contributed by atoms with van der Waals surface area (Å²) in [5.41, 5.74) is 1.89. The van der Waals surface area contributed by atoms with Gasteiger partial charge in [0.05, 0.1) is 7.11 Å². The first-order valence-corrected chi connectivity index (χ1v) is 6.89. The summed E-state index contributed by atoms with van der Waals surface area (Å²) in [6.07, 6.45) is 0. The minimum absolute atomic E-state index is 0.00972. The van der Waals surface area contributed by atoms with E-state index in [0.717, 1.165) is 11.1 Å². The quantitative estimate of drug-likeness (QED) is 0.875. The number of rotatable bonds is 5. The summed E-state index contributed by atoms with van der Waals surface area (Å²) in [5, 5.41) is 13.0. The van der Waals surface area contributed by atoms with Crippen LogP contribution in [0.5, 0.6) is 11.5 Å². The Morgan fingerprint density at radius 2 is 1.71 bits per heavy atom. The second-order valence-corrected chi connectivity index (χ2v) is 5.10. The summed E-state index contributed by atoms with van der Waals surface area (Å²) in [7, 11) is 1.52. The molecule has 0 heterocycles. The molecule has 0 bridgehead atoms. The van der Waals surface area contributed by atoms with Crippen LogP contribution < -0.4 is 10.1 Å². The summed E-state index contributed by atoms with van der Waals surface area (Å²) in [5.74, 6) is 0.325. The van der Waals surface area contributed by atoms with E-state index in [1.807, 2.05) is 26.0 Å². The molecule has 2 rings (SSSR count). The first-order valence-electron chi connectivity index (χ1n) is 6.89. The fraction of sp³-hybridized carbons (Fsp3) is 0.294. The summed E-state index contributed by atoms with van der Waals surface area (Å²) < 4.78 is 18.4. The van der Waals surface area contributed by atoms with Crippen molar-refractivity contribution in [1.82, 2.24) is 5.32 Å². The zero-order valence-electron chi connectivity index (χ0n) is 12.4. The molecule has 2 aromatic carbocycles. The highest BCUT2D eigenvalue weighted by atomic mass is 19.1. The van der Waals surface area contributed by atoms with Crippen molar-refractivity contribution in [3.63, 3.8) is 0 Å². The lowest BCUT2D eigenvalue weighted by molar-refractivity contribution is 0.371. The number of aromatic hydroxyl groups is 1. The summed E-state index contributed by atoms with van der Waals surface area (Å²) in [4.78, 5) is 0. The number of benzene rings is 2. The molecule has 1 unspecified atom stereocenters. The van der Waals surface area contributed by atoms with Gasteiger partial charge >= 0.3 is 0 Å². The maximum absolute atomic E-state index is 13.3. The van der Waals surface area contributed by atoms with E-state index in [0.29, 0.717) is 5.75 Å². The van der Waals surface area contributed by atoms with Crippen molar-refractivity contribution in [2.75, 3.05) is 7.11 Å². The molecule has 0 fully saturated rings. The number of ether oxygens (including phenoxy) is 1. The lowest BCUT2D eigenvalue weighted by Crippen LogP contribution is -2.22. The van der Waals surface area contributed by atoms with Crippen molar-refractivity contribution in [2.24, 2.45) is 0 Å². The smallest absolute Gasteiger partial charge is 0.160 e. The second kappa shape index (κ2) is 6.59. The van der Waals surface area contributed by atoms with Crippen molar-refractivity contribution in [3.8, 4) is 11.5 Å². The van der Waals surface area contributed by atoms with Gasteiger partial charge in [0, 0.05) is 12.1 Å². The molecule has 3 nitrogen and oxygen atoms in total. The van der Waals surface area contributed by atoms with Gasteiger partial charge in [0.1, 0.15) is 5.82 Å². The summed E-state index contributed by atoms with van der Waals surface area (Å²) >= 11 is 0. The van der Waals surface area contributed by atoms with Gasteiger partial charge in [-0.15, -0.1) is 0 Å². The highest BCUT2D eigenvalue weighted by molar-refractivity contribution is 5.42. The van der Waals surface area contributed by atoms with Gasteiger partial charge in [-0.1, -0.05) is 18.2 Å². The fourth-order valence-electron chi connectivity index (χ4n) is 2.31. The lowest BCUT2D eigenvalue weighted by atomic mass is 10.0. The SMILES string of the molecule is COc1cc(C(C)N[C@@H](C)c2cccc(F)c2)ccc1O. The van der Waals surface area contributed by atoms with Crippen molar-refractivity contribution in [2.45, 2.75) is 25.9 Å². The standard InChI is InChI=1S/C17H20FNO2/c1-11(13-5-4-6-15(18)9-13)19-12(2)14-7-8-16(20)17(10-14)21-3/h4-12,19-20H,1-3H3/t11-,12?/m0/s1. The van der Waals surface area contributed by atoms with Gasteiger partial charge in [0.15, 0.2) is 11.5 Å². The number of nitrogens with one attached hydrogen (secondary N) is 1. The number of hydrogen-bond acceptors (Lipinski definition) is 3. The van der Waals surface area contributed by atoms with Gasteiger partial charge in [-0.2, -0.15) is 0 Å². The Morgan fingerprint density at radius 3 is 2.33 bits per heavy atom. The third-order valence-electron chi connectivity index (χ3n) is 3.55. The van der Waals surface area contributed by atoms with Crippen molar-refractivity contribution in [1.29, 1.82) is 0 Å². The third-order valence-corrected chi connectivity index (χ3v) is 3.55.